The Hall–Kier alpha value is -2.44. The predicted octanol–water partition coefficient (Wildman–Crippen LogP) is 2.60. The van der Waals surface area contributed by atoms with Gasteiger partial charge in [0.15, 0.2) is 0 Å². The van der Waals surface area contributed by atoms with Crippen LogP contribution < -0.4 is 5.32 Å². The Labute approximate surface area is 133 Å². The van der Waals surface area contributed by atoms with Crippen molar-refractivity contribution in [3.63, 3.8) is 0 Å². The van der Waals surface area contributed by atoms with Crippen LogP contribution in [-0.2, 0) is 11.3 Å². The van der Waals surface area contributed by atoms with Gasteiger partial charge in [0.05, 0.1) is 11.5 Å². The average Bonchev–Trinajstić information content (AvgIpc) is 2.76. The zero-order valence-electron chi connectivity index (χ0n) is 12.9. The summed E-state index contributed by atoms with van der Waals surface area (Å²) in [6.45, 7) is 2.14. The van der Waals surface area contributed by atoms with Crippen molar-refractivity contribution in [1.82, 2.24) is 10.2 Å². The van der Waals surface area contributed by atoms with E-state index in [-0.39, 0.29) is 30.1 Å². The molecule has 0 unspecified atom stereocenters. The van der Waals surface area contributed by atoms with Crippen LogP contribution in [0.5, 0.6) is 0 Å². The van der Waals surface area contributed by atoms with E-state index >= 15 is 0 Å². The molecule has 2 atom stereocenters. The molecule has 1 aliphatic carbocycles. The monoisotopic (exact) mass is 317 g/mol. The van der Waals surface area contributed by atoms with Crippen molar-refractivity contribution in [2.24, 2.45) is 5.92 Å². The van der Waals surface area contributed by atoms with Crippen molar-refractivity contribution in [2.75, 3.05) is 0 Å². The first-order valence-corrected chi connectivity index (χ1v) is 7.81. The smallest absolute Gasteiger partial charge is 0.323 e. The molecule has 2 aliphatic rings. The van der Waals surface area contributed by atoms with Crippen molar-refractivity contribution in [3.8, 4) is 0 Å². The lowest BCUT2D eigenvalue weighted by atomic mass is 9.73. The summed E-state index contributed by atoms with van der Waals surface area (Å²) in [6.07, 6.45) is 3.61. The Kier molecular flexibility index (Phi) is 3.79. The van der Waals surface area contributed by atoms with Crippen LogP contribution in [0.1, 0.15) is 38.2 Å². The van der Waals surface area contributed by atoms with E-state index in [1.807, 2.05) is 6.92 Å². The maximum Gasteiger partial charge on any atom is 0.325 e. The van der Waals surface area contributed by atoms with Gasteiger partial charge < -0.3 is 5.32 Å². The molecule has 2 fully saturated rings. The number of carbonyl (C=O) groups is 2. The molecule has 0 bridgehead atoms. The first-order valence-electron chi connectivity index (χ1n) is 7.81. The van der Waals surface area contributed by atoms with Crippen LogP contribution >= 0.6 is 0 Å². The number of hydrogen-bond donors (Lipinski definition) is 1. The molecule has 1 aromatic carbocycles. The summed E-state index contributed by atoms with van der Waals surface area (Å²) >= 11 is 0. The Bertz CT molecular complexity index is 658. The highest BCUT2D eigenvalue weighted by Gasteiger charge is 2.54. The molecule has 7 nitrogen and oxygen atoms in total. The third-order valence-electron chi connectivity index (χ3n) is 4.99. The Morgan fingerprint density at radius 1 is 1.30 bits per heavy atom. The van der Waals surface area contributed by atoms with E-state index in [1.54, 1.807) is 12.1 Å². The second kappa shape index (κ2) is 5.64. The van der Waals surface area contributed by atoms with Crippen molar-refractivity contribution in [1.29, 1.82) is 0 Å². The van der Waals surface area contributed by atoms with Crippen LogP contribution in [0.25, 0.3) is 0 Å². The molecule has 23 heavy (non-hydrogen) atoms. The van der Waals surface area contributed by atoms with Crippen LogP contribution in [0.4, 0.5) is 10.5 Å². The van der Waals surface area contributed by atoms with E-state index in [0.29, 0.717) is 12.0 Å². The summed E-state index contributed by atoms with van der Waals surface area (Å²) in [6, 6.07) is 5.55. The second-order valence-corrected chi connectivity index (χ2v) is 6.36. The fraction of sp³-hybridized carbons (Fsp3) is 0.500. The van der Waals surface area contributed by atoms with Gasteiger partial charge in [0, 0.05) is 12.1 Å². The molecule has 1 heterocycles. The van der Waals surface area contributed by atoms with Gasteiger partial charge >= 0.3 is 6.03 Å². The van der Waals surface area contributed by atoms with Crippen LogP contribution in [0.3, 0.4) is 0 Å². The van der Waals surface area contributed by atoms with Crippen molar-refractivity contribution in [3.05, 3.63) is 39.9 Å². The number of non-ortho nitro benzene ring substituents is 1. The molecule has 3 rings (SSSR count). The molecule has 1 saturated heterocycles. The highest BCUT2D eigenvalue weighted by atomic mass is 16.6. The number of amides is 3. The average molecular weight is 317 g/mol. The minimum absolute atomic E-state index is 0.0108. The molecule has 1 spiro atoms. The van der Waals surface area contributed by atoms with Gasteiger partial charge in [-0.25, -0.2) is 4.79 Å². The number of nitrogens with zero attached hydrogens (tertiary/aromatic N) is 2. The number of rotatable bonds is 3. The van der Waals surface area contributed by atoms with E-state index in [2.05, 4.69) is 5.32 Å². The Morgan fingerprint density at radius 3 is 2.61 bits per heavy atom. The zero-order valence-corrected chi connectivity index (χ0v) is 12.9. The maximum absolute atomic E-state index is 12.8. The lowest BCUT2D eigenvalue weighted by molar-refractivity contribution is -0.384. The molecule has 7 heteroatoms. The number of carbonyl (C=O) groups excluding carboxylic acids is 2. The van der Waals surface area contributed by atoms with Gasteiger partial charge in [0.2, 0.25) is 0 Å². The lowest BCUT2D eigenvalue weighted by Gasteiger charge is -2.36. The molecule has 0 radical (unpaired) electrons. The summed E-state index contributed by atoms with van der Waals surface area (Å²) in [7, 11) is 0. The lowest BCUT2D eigenvalue weighted by Crippen LogP contribution is -2.53. The normalized spacial score (nSPS) is 27.3. The minimum Gasteiger partial charge on any atom is -0.323 e. The summed E-state index contributed by atoms with van der Waals surface area (Å²) in [4.78, 5) is 36.5. The van der Waals surface area contributed by atoms with Gasteiger partial charge in [-0.1, -0.05) is 31.9 Å². The third-order valence-corrected chi connectivity index (χ3v) is 4.99. The maximum atomic E-state index is 12.8. The number of hydrogen-bond acceptors (Lipinski definition) is 4. The molecular weight excluding hydrogens is 298 g/mol. The fourth-order valence-corrected chi connectivity index (χ4v) is 3.54. The quantitative estimate of drug-likeness (QED) is 0.527. The van der Waals surface area contributed by atoms with Crippen molar-refractivity contribution < 1.29 is 14.5 Å². The van der Waals surface area contributed by atoms with E-state index in [9.17, 15) is 19.7 Å². The summed E-state index contributed by atoms with van der Waals surface area (Å²) < 4.78 is 0. The summed E-state index contributed by atoms with van der Waals surface area (Å²) in [5.74, 6) is -0.0531. The number of urea groups is 1. The van der Waals surface area contributed by atoms with Crippen LogP contribution in [0, 0.1) is 16.0 Å². The first kappa shape index (κ1) is 15.5. The number of nitrogens with one attached hydrogen (secondary N) is 1. The number of imide groups is 1. The van der Waals surface area contributed by atoms with E-state index < -0.39 is 10.5 Å². The highest BCUT2D eigenvalue weighted by molar-refractivity contribution is 6.07. The second-order valence-electron chi connectivity index (χ2n) is 6.36. The Balaban J connectivity index is 1.79. The van der Waals surface area contributed by atoms with Gasteiger partial charge in [-0.2, -0.15) is 0 Å². The minimum atomic E-state index is -0.768. The fourth-order valence-electron chi connectivity index (χ4n) is 3.54. The van der Waals surface area contributed by atoms with Crippen molar-refractivity contribution in [2.45, 2.75) is 44.7 Å². The topological polar surface area (TPSA) is 92.6 Å². The standard InChI is InChI=1S/C16H19N3O4/c1-11-4-2-3-9-16(11)14(20)18(15(21)17-16)10-12-5-7-13(8-6-12)19(22)23/h5-8,11H,2-4,9-10H2,1H3,(H,17,21)/t11-,16-/m1/s1. The van der Waals surface area contributed by atoms with Crippen molar-refractivity contribution >= 4 is 17.6 Å². The number of nitro groups is 1. The van der Waals surface area contributed by atoms with Gasteiger partial charge in [0.1, 0.15) is 5.54 Å². The van der Waals surface area contributed by atoms with Gasteiger partial charge in [0.25, 0.3) is 11.6 Å². The van der Waals surface area contributed by atoms with Gasteiger partial charge in [-0.3, -0.25) is 19.8 Å². The molecule has 1 aromatic rings. The van der Waals surface area contributed by atoms with Crippen LogP contribution in [0.15, 0.2) is 24.3 Å². The first-order chi connectivity index (χ1) is 10.9. The molecule has 3 amide bonds. The number of benzene rings is 1. The van der Waals surface area contributed by atoms with E-state index in [0.717, 1.165) is 19.3 Å². The SMILES string of the molecule is C[C@@H]1CCCC[C@@]12NC(=O)N(Cc1ccc([N+](=O)[O-])cc1)C2=O. The molecule has 1 N–H and O–H groups in total. The molecule has 1 aliphatic heterocycles. The molecule has 122 valence electrons. The highest BCUT2D eigenvalue weighted by Crippen LogP contribution is 2.38. The van der Waals surface area contributed by atoms with Gasteiger partial charge in [-0.05, 0) is 24.3 Å². The van der Waals surface area contributed by atoms with E-state index in [1.165, 1.54) is 17.0 Å². The zero-order chi connectivity index (χ0) is 16.6. The van der Waals surface area contributed by atoms with Crippen LogP contribution in [0.2, 0.25) is 0 Å². The predicted molar refractivity (Wildman–Crippen MR) is 82.5 cm³/mol. The van der Waals surface area contributed by atoms with E-state index in [4.69, 9.17) is 0 Å². The number of nitro benzene ring substituents is 1. The summed E-state index contributed by atoms with van der Waals surface area (Å²) in [5.41, 5.74) is -0.0845. The largest absolute Gasteiger partial charge is 0.325 e. The van der Waals surface area contributed by atoms with Crippen LogP contribution in [-0.4, -0.2) is 27.3 Å². The Morgan fingerprint density at radius 2 is 2.00 bits per heavy atom. The summed E-state index contributed by atoms with van der Waals surface area (Å²) in [5, 5.41) is 13.6. The van der Waals surface area contributed by atoms with Gasteiger partial charge in [-0.15, -0.1) is 0 Å². The molecule has 0 aromatic heterocycles. The molecule has 1 saturated carbocycles. The molecular formula is C16H19N3O4. The third kappa shape index (κ3) is 2.56.